The number of rotatable bonds is 3. The molecular formula is C15H18N4OS2. The summed E-state index contributed by atoms with van der Waals surface area (Å²) in [6.45, 7) is 4.93. The maximum absolute atomic E-state index is 13.0. The van der Waals surface area contributed by atoms with Gasteiger partial charge in [0.2, 0.25) is 5.78 Å². The maximum Gasteiger partial charge on any atom is 0.284 e. The molecule has 4 rings (SSSR count). The minimum atomic E-state index is 0.00422. The molecule has 0 aliphatic heterocycles. The molecule has 0 amide bonds. The summed E-state index contributed by atoms with van der Waals surface area (Å²) in [6, 6.07) is 0. The van der Waals surface area contributed by atoms with Crippen LogP contribution in [0.4, 0.5) is 0 Å². The van der Waals surface area contributed by atoms with Crippen LogP contribution < -0.4 is 5.56 Å². The third kappa shape index (κ3) is 1.95. The molecule has 0 radical (unpaired) electrons. The van der Waals surface area contributed by atoms with Crippen LogP contribution in [0.1, 0.15) is 37.1 Å². The summed E-state index contributed by atoms with van der Waals surface area (Å²) < 4.78 is 3.54. The van der Waals surface area contributed by atoms with E-state index in [1.54, 1.807) is 23.1 Å². The Morgan fingerprint density at radius 2 is 2.09 bits per heavy atom. The van der Waals surface area contributed by atoms with Gasteiger partial charge in [-0.1, -0.05) is 18.7 Å². The van der Waals surface area contributed by atoms with E-state index in [1.807, 2.05) is 4.57 Å². The molecule has 0 aromatic carbocycles. The SMILES string of the molecule is CCSc1nn2c(=O)c3c4c(sc3nc2n1CC)CCCC4. The third-order valence-electron chi connectivity index (χ3n) is 4.20. The highest BCUT2D eigenvalue weighted by Gasteiger charge is 2.22. The molecule has 0 saturated heterocycles. The van der Waals surface area contributed by atoms with Gasteiger partial charge in [0.15, 0.2) is 5.16 Å². The van der Waals surface area contributed by atoms with Crippen molar-refractivity contribution in [2.24, 2.45) is 0 Å². The standard InChI is InChI=1S/C15H18N4OS2/c1-3-18-14-16-12-11(9-7-5-6-8-10(9)22-12)13(20)19(14)17-15(18)21-4-2/h3-8H2,1-2H3. The van der Waals surface area contributed by atoms with Crippen LogP contribution in [0.15, 0.2) is 9.95 Å². The Kier molecular flexibility index (Phi) is 3.49. The van der Waals surface area contributed by atoms with E-state index in [4.69, 9.17) is 4.98 Å². The molecule has 22 heavy (non-hydrogen) atoms. The number of aromatic nitrogens is 4. The molecule has 0 atom stereocenters. The summed E-state index contributed by atoms with van der Waals surface area (Å²) >= 11 is 3.35. The van der Waals surface area contributed by atoms with Gasteiger partial charge in [0.25, 0.3) is 5.56 Å². The molecule has 0 spiro atoms. The lowest BCUT2D eigenvalue weighted by Gasteiger charge is -2.09. The molecular weight excluding hydrogens is 316 g/mol. The zero-order valence-corrected chi connectivity index (χ0v) is 14.4. The number of fused-ring (bicyclic) bond motifs is 4. The molecule has 0 unspecified atom stereocenters. The summed E-state index contributed by atoms with van der Waals surface area (Å²) in [5.41, 5.74) is 1.23. The molecule has 0 N–H and O–H groups in total. The van der Waals surface area contributed by atoms with E-state index in [0.29, 0.717) is 5.78 Å². The number of hydrogen-bond acceptors (Lipinski definition) is 5. The fourth-order valence-corrected chi connectivity index (χ4v) is 5.20. The van der Waals surface area contributed by atoms with E-state index in [0.717, 1.165) is 40.5 Å². The molecule has 1 aliphatic carbocycles. The van der Waals surface area contributed by atoms with Gasteiger partial charge in [-0.25, -0.2) is 4.98 Å². The van der Waals surface area contributed by atoms with Gasteiger partial charge in [0, 0.05) is 11.4 Å². The van der Waals surface area contributed by atoms with Crippen LogP contribution in [0, 0.1) is 0 Å². The number of nitrogens with zero attached hydrogens (tertiary/aromatic N) is 4. The minimum absolute atomic E-state index is 0.00422. The average molecular weight is 334 g/mol. The predicted molar refractivity (Wildman–Crippen MR) is 91.3 cm³/mol. The Balaban J connectivity index is 2.08. The smallest absolute Gasteiger partial charge is 0.284 e. The lowest BCUT2D eigenvalue weighted by Crippen LogP contribution is -2.17. The first-order valence-electron chi connectivity index (χ1n) is 7.81. The molecule has 1 aliphatic rings. The highest BCUT2D eigenvalue weighted by molar-refractivity contribution is 7.99. The van der Waals surface area contributed by atoms with Crippen LogP contribution in [0.25, 0.3) is 16.0 Å². The largest absolute Gasteiger partial charge is 0.288 e. The summed E-state index contributed by atoms with van der Waals surface area (Å²) in [5.74, 6) is 1.61. The number of thiophene rings is 1. The average Bonchev–Trinajstić information content (AvgIpc) is 3.06. The van der Waals surface area contributed by atoms with Crippen LogP contribution in [0.3, 0.4) is 0 Å². The number of hydrogen-bond donors (Lipinski definition) is 0. The lowest BCUT2D eigenvalue weighted by molar-refractivity contribution is 0.695. The second-order valence-corrected chi connectivity index (χ2v) is 7.79. The first-order chi connectivity index (χ1) is 10.7. The number of aryl methyl sites for hydroxylation is 3. The summed E-state index contributed by atoms with van der Waals surface area (Å²) in [7, 11) is 0. The minimum Gasteiger partial charge on any atom is -0.288 e. The van der Waals surface area contributed by atoms with E-state index in [-0.39, 0.29) is 5.56 Å². The quantitative estimate of drug-likeness (QED) is 0.691. The van der Waals surface area contributed by atoms with Gasteiger partial charge in [0.05, 0.1) is 5.39 Å². The van der Waals surface area contributed by atoms with Crippen molar-refractivity contribution in [2.45, 2.75) is 51.2 Å². The Labute approximate surface area is 136 Å². The topological polar surface area (TPSA) is 52.2 Å². The molecule has 0 saturated carbocycles. The summed E-state index contributed by atoms with van der Waals surface area (Å²) in [4.78, 5) is 20.0. The number of thioether (sulfide) groups is 1. The van der Waals surface area contributed by atoms with Gasteiger partial charge in [-0.3, -0.25) is 9.36 Å². The Morgan fingerprint density at radius 3 is 2.86 bits per heavy atom. The fraction of sp³-hybridized carbons (Fsp3) is 0.533. The maximum atomic E-state index is 13.0. The third-order valence-corrected chi connectivity index (χ3v) is 6.23. The molecule has 7 heteroatoms. The Bertz CT molecular complexity index is 921. The van der Waals surface area contributed by atoms with E-state index in [9.17, 15) is 4.79 Å². The van der Waals surface area contributed by atoms with Crippen molar-refractivity contribution < 1.29 is 0 Å². The predicted octanol–water partition coefficient (Wildman–Crippen LogP) is 3.12. The van der Waals surface area contributed by atoms with Gasteiger partial charge in [-0.2, -0.15) is 4.52 Å². The molecule has 3 aromatic rings. The normalized spacial score (nSPS) is 14.8. The zero-order chi connectivity index (χ0) is 15.3. The first-order valence-corrected chi connectivity index (χ1v) is 9.61. The lowest BCUT2D eigenvalue weighted by atomic mass is 9.97. The van der Waals surface area contributed by atoms with Crippen LogP contribution >= 0.6 is 23.1 Å². The van der Waals surface area contributed by atoms with Crippen molar-refractivity contribution in [1.82, 2.24) is 19.2 Å². The molecule has 5 nitrogen and oxygen atoms in total. The Morgan fingerprint density at radius 1 is 1.27 bits per heavy atom. The van der Waals surface area contributed by atoms with Crippen molar-refractivity contribution in [1.29, 1.82) is 0 Å². The molecule has 3 heterocycles. The molecule has 116 valence electrons. The fourth-order valence-electron chi connectivity index (χ4n) is 3.19. The van der Waals surface area contributed by atoms with Gasteiger partial charge >= 0.3 is 0 Å². The Hall–Kier alpha value is -1.34. The van der Waals surface area contributed by atoms with Gasteiger partial charge in [-0.15, -0.1) is 16.4 Å². The second-order valence-electron chi connectivity index (χ2n) is 5.48. The van der Waals surface area contributed by atoms with Crippen molar-refractivity contribution in [3.63, 3.8) is 0 Å². The van der Waals surface area contributed by atoms with E-state index < -0.39 is 0 Å². The van der Waals surface area contributed by atoms with Crippen LogP contribution in [0.5, 0.6) is 0 Å². The molecule has 0 fully saturated rings. The van der Waals surface area contributed by atoms with Crippen molar-refractivity contribution in [2.75, 3.05) is 5.75 Å². The van der Waals surface area contributed by atoms with Crippen LogP contribution in [-0.2, 0) is 19.4 Å². The van der Waals surface area contributed by atoms with Gasteiger partial charge in [-0.05, 0) is 43.9 Å². The highest BCUT2D eigenvalue weighted by Crippen LogP contribution is 2.34. The summed E-state index contributed by atoms with van der Waals surface area (Å²) in [5, 5.41) is 6.21. The van der Waals surface area contributed by atoms with Crippen molar-refractivity contribution >= 4 is 39.1 Å². The molecule has 0 bridgehead atoms. The highest BCUT2D eigenvalue weighted by atomic mass is 32.2. The zero-order valence-electron chi connectivity index (χ0n) is 12.8. The second kappa shape index (κ2) is 5.38. The van der Waals surface area contributed by atoms with Crippen molar-refractivity contribution in [3.8, 4) is 0 Å². The van der Waals surface area contributed by atoms with E-state index in [2.05, 4.69) is 18.9 Å². The van der Waals surface area contributed by atoms with Gasteiger partial charge < -0.3 is 0 Å². The monoisotopic (exact) mass is 334 g/mol. The van der Waals surface area contributed by atoms with Gasteiger partial charge in [0.1, 0.15) is 4.83 Å². The van der Waals surface area contributed by atoms with Crippen molar-refractivity contribution in [3.05, 3.63) is 20.8 Å². The molecule has 3 aromatic heterocycles. The van der Waals surface area contributed by atoms with Crippen LogP contribution in [-0.4, -0.2) is 24.9 Å². The summed E-state index contributed by atoms with van der Waals surface area (Å²) in [6.07, 6.45) is 4.48. The van der Waals surface area contributed by atoms with Crippen LogP contribution in [0.2, 0.25) is 0 Å². The van der Waals surface area contributed by atoms with E-state index >= 15 is 0 Å². The van der Waals surface area contributed by atoms with E-state index in [1.165, 1.54) is 27.8 Å². The first kappa shape index (κ1) is 14.3.